The van der Waals surface area contributed by atoms with Crippen LogP contribution >= 0.6 is 12.4 Å². The molecule has 1 saturated heterocycles. The average Bonchev–Trinajstić information content (AvgIpc) is 2.55. The molecule has 1 unspecified atom stereocenters. The van der Waals surface area contributed by atoms with Crippen molar-refractivity contribution in [2.24, 2.45) is 0 Å². The van der Waals surface area contributed by atoms with Crippen molar-refractivity contribution in [1.82, 2.24) is 10.6 Å². The molecule has 5 heteroatoms. The Kier molecular flexibility index (Phi) is 7.74. The Morgan fingerprint density at radius 2 is 2.27 bits per heavy atom. The molecule has 0 bridgehead atoms. The fourth-order valence-electron chi connectivity index (χ4n) is 1.53. The molecule has 4 nitrogen and oxygen atoms in total. The minimum Gasteiger partial charge on any atom is -0.377 e. The zero-order valence-corrected chi connectivity index (χ0v) is 10.2. The van der Waals surface area contributed by atoms with Gasteiger partial charge in [0, 0.05) is 19.2 Å². The maximum atomic E-state index is 11.2. The molecule has 1 aliphatic rings. The summed E-state index contributed by atoms with van der Waals surface area (Å²) in [4.78, 5) is 11.2. The minimum atomic E-state index is 0. The van der Waals surface area contributed by atoms with Crippen molar-refractivity contribution in [2.45, 2.75) is 38.8 Å². The smallest absolute Gasteiger partial charge is 0.234 e. The molecule has 0 spiro atoms. The molecule has 0 aromatic rings. The van der Waals surface area contributed by atoms with Crippen LogP contribution in [0.25, 0.3) is 0 Å². The highest BCUT2D eigenvalue weighted by Gasteiger charge is 2.14. The first kappa shape index (κ1) is 14.7. The van der Waals surface area contributed by atoms with Gasteiger partial charge >= 0.3 is 0 Å². The Balaban J connectivity index is 0.00000196. The molecule has 1 heterocycles. The predicted octanol–water partition coefficient (Wildman–Crippen LogP) is 0.701. The number of carbonyl (C=O) groups is 1. The van der Waals surface area contributed by atoms with Crippen LogP contribution in [0.2, 0.25) is 0 Å². The predicted molar refractivity (Wildman–Crippen MR) is 62.4 cm³/mol. The number of hydrogen-bond acceptors (Lipinski definition) is 3. The monoisotopic (exact) mass is 236 g/mol. The van der Waals surface area contributed by atoms with Crippen LogP contribution in [0.5, 0.6) is 0 Å². The Labute approximate surface area is 97.5 Å². The summed E-state index contributed by atoms with van der Waals surface area (Å²) in [5, 5.41) is 5.92. The standard InChI is InChI=1S/C10H20N2O2.ClH/c1-8(2)12-10(13)7-11-6-9-4-3-5-14-9;/h8-9,11H,3-7H2,1-2H3,(H,12,13);1H. The molecular weight excluding hydrogens is 216 g/mol. The van der Waals surface area contributed by atoms with E-state index in [-0.39, 0.29) is 24.4 Å². The normalized spacial score (nSPS) is 20.1. The number of hydrogen-bond donors (Lipinski definition) is 2. The molecule has 1 fully saturated rings. The lowest BCUT2D eigenvalue weighted by Gasteiger charge is -2.12. The molecule has 0 aromatic heterocycles. The van der Waals surface area contributed by atoms with E-state index < -0.39 is 0 Å². The van der Waals surface area contributed by atoms with Crippen LogP contribution in [-0.4, -0.2) is 37.7 Å². The van der Waals surface area contributed by atoms with Gasteiger partial charge in [0.05, 0.1) is 12.6 Å². The lowest BCUT2D eigenvalue weighted by atomic mass is 10.2. The highest BCUT2D eigenvalue weighted by atomic mass is 35.5. The van der Waals surface area contributed by atoms with Crippen LogP contribution in [0.15, 0.2) is 0 Å². The SMILES string of the molecule is CC(C)NC(=O)CNCC1CCCO1.Cl. The third-order valence-electron chi connectivity index (χ3n) is 2.13. The first-order chi connectivity index (χ1) is 6.68. The largest absolute Gasteiger partial charge is 0.377 e. The van der Waals surface area contributed by atoms with E-state index in [4.69, 9.17) is 4.74 Å². The quantitative estimate of drug-likeness (QED) is 0.739. The Morgan fingerprint density at radius 1 is 1.53 bits per heavy atom. The van der Waals surface area contributed by atoms with E-state index in [1.165, 1.54) is 0 Å². The van der Waals surface area contributed by atoms with Gasteiger partial charge in [-0.05, 0) is 26.7 Å². The van der Waals surface area contributed by atoms with Gasteiger partial charge < -0.3 is 15.4 Å². The van der Waals surface area contributed by atoms with Gasteiger partial charge in [0.2, 0.25) is 5.91 Å². The molecule has 1 rings (SSSR count). The second-order valence-electron chi connectivity index (χ2n) is 3.99. The summed E-state index contributed by atoms with van der Waals surface area (Å²) >= 11 is 0. The molecule has 15 heavy (non-hydrogen) atoms. The lowest BCUT2D eigenvalue weighted by Crippen LogP contribution is -2.39. The number of ether oxygens (including phenoxy) is 1. The van der Waals surface area contributed by atoms with Crippen molar-refractivity contribution in [2.75, 3.05) is 19.7 Å². The minimum absolute atomic E-state index is 0. The van der Waals surface area contributed by atoms with Crippen molar-refractivity contribution in [3.8, 4) is 0 Å². The van der Waals surface area contributed by atoms with Crippen molar-refractivity contribution in [1.29, 1.82) is 0 Å². The molecule has 0 radical (unpaired) electrons. The highest BCUT2D eigenvalue weighted by molar-refractivity contribution is 5.85. The third kappa shape index (κ3) is 6.71. The number of carbonyl (C=O) groups excluding carboxylic acids is 1. The zero-order chi connectivity index (χ0) is 10.4. The molecule has 2 N–H and O–H groups in total. The molecule has 1 atom stereocenters. The fraction of sp³-hybridized carbons (Fsp3) is 0.900. The summed E-state index contributed by atoms with van der Waals surface area (Å²) in [5.41, 5.74) is 0. The van der Waals surface area contributed by atoms with Gasteiger partial charge in [0.1, 0.15) is 0 Å². The molecule has 1 amide bonds. The van der Waals surface area contributed by atoms with Gasteiger partial charge in [0.15, 0.2) is 0 Å². The van der Waals surface area contributed by atoms with Crippen molar-refractivity contribution in [3.63, 3.8) is 0 Å². The maximum absolute atomic E-state index is 11.2. The lowest BCUT2D eigenvalue weighted by molar-refractivity contribution is -0.120. The van der Waals surface area contributed by atoms with E-state index in [1.54, 1.807) is 0 Å². The summed E-state index contributed by atoms with van der Waals surface area (Å²) in [5.74, 6) is 0.0537. The van der Waals surface area contributed by atoms with Crippen LogP contribution in [0.4, 0.5) is 0 Å². The number of halogens is 1. The van der Waals surface area contributed by atoms with E-state index in [0.29, 0.717) is 12.6 Å². The van der Waals surface area contributed by atoms with E-state index in [9.17, 15) is 4.79 Å². The Hall–Kier alpha value is -0.320. The van der Waals surface area contributed by atoms with E-state index >= 15 is 0 Å². The van der Waals surface area contributed by atoms with Gasteiger partial charge in [-0.3, -0.25) is 4.79 Å². The van der Waals surface area contributed by atoms with Crippen molar-refractivity contribution >= 4 is 18.3 Å². The number of nitrogens with one attached hydrogen (secondary N) is 2. The van der Waals surface area contributed by atoms with Gasteiger partial charge in [-0.1, -0.05) is 0 Å². The van der Waals surface area contributed by atoms with E-state index in [0.717, 1.165) is 26.0 Å². The summed E-state index contributed by atoms with van der Waals surface area (Å²) < 4.78 is 5.42. The molecule has 0 aliphatic carbocycles. The first-order valence-corrected chi connectivity index (χ1v) is 5.30. The van der Waals surface area contributed by atoms with E-state index in [1.807, 2.05) is 13.8 Å². The van der Waals surface area contributed by atoms with Crippen LogP contribution in [-0.2, 0) is 9.53 Å². The molecular formula is C10H21ClN2O2. The number of amides is 1. The van der Waals surface area contributed by atoms with Gasteiger partial charge in [0.25, 0.3) is 0 Å². The van der Waals surface area contributed by atoms with Crippen molar-refractivity contribution < 1.29 is 9.53 Å². The summed E-state index contributed by atoms with van der Waals surface area (Å²) in [6.07, 6.45) is 2.56. The second-order valence-corrected chi connectivity index (χ2v) is 3.99. The summed E-state index contributed by atoms with van der Waals surface area (Å²) in [6.45, 7) is 5.95. The second kappa shape index (κ2) is 7.91. The Morgan fingerprint density at radius 3 is 2.80 bits per heavy atom. The highest BCUT2D eigenvalue weighted by Crippen LogP contribution is 2.10. The van der Waals surface area contributed by atoms with Gasteiger partial charge in [-0.15, -0.1) is 12.4 Å². The number of rotatable bonds is 5. The fourth-order valence-corrected chi connectivity index (χ4v) is 1.53. The molecule has 90 valence electrons. The molecule has 0 saturated carbocycles. The van der Waals surface area contributed by atoms with Crippen LogP contribution in [0, 0.1) is 0 Å². The van der Waals surface area contributed by atoms with Crippen molar-refractivity contribution in [3.05, 3.63) is 0 Å². The maximum Gasteiger partial charge on any atom is 0.234 e. The molecule has 1 aliphatic heterocycles. The van der Waals surface area contributed by atoms with Crippen LogP contribution < -0.4 is 10.6 Å². The van der Waals surface area contributed by atoms with Gasteiger partial charge in [-0.2, -0.15) is 0 Å². The van der Waals surface area contributed by atoms with Crippen LogP contribution in [0.1, 0.15) is 26.7 Å². The first-order valence-electron chi connectivity index (χ1n) is 5.30. The zero-order valence-electron chi connectivity index (χ0n) is 9.41. The third-order valence-corrected chi connectivity index (χ3v) is 2.13. The van der Waals surface area contributed by atoms with Gasteiger partial charge in [-0.25, -0.2) is 0 Å². The summed E-state index contributed by atoms with van der Waals surface area (Å²) in [6, 6.07) is 0.215. The molecule has 0 aromatic carbocycles. The van der Waals surface area contributed by atoms with E-state index in [2.05, 4.69) is 10.6 Å². The Bertz CT molecular complexity index is 182. The summed E-state index contributed by atoms with van der Waals surface area (Å²) in [7, 11) is 0. The topological polar surface area (TPSA) is 50.4 Å². The average molecular weight is 237 g/mol. The van der Waals surface area contributed by atoms with Crippen LogP contribution in [0.3, 0.4) is 0 Å².